The maximum atomic E-state index is 13.8. The zero-order valence-corrected chi connectivity index (χ0v) is 20.1. The van der Waals surface area contributed by atoms with E-state index in [0.29, 0.717) is 0 Å². The molecule has 3 aromatic rings. The van der Waals surface area contributed by atoms with Gasteiger partial charge in [-0.1, -0.05) is 36.4 Å². The van der Waals surface area contributed by atoms with Gasteiger partial charge in [0.15, 0.2) is 0 Å². The topological polar surface area (TPSA) is 121 Å². The fourth-order valence-electron chi connectivity index (χ4n) is 4.27. The van der Waals surface area contributed by atoms with Gasteiger partial charge >= 0.3 is 5.97 Å². The number of hydrogen-bond acceptors (Lipinski definition) is 4. The lowest BCUT2D eigenvalue weighted by atomic mass is 9.89. The first-order valence-corrected chi connectivity index (χ1v) is 11.5. The molecule has 0 aliphatic rings. The highest BCUT2D eigenvalue weighted by atomic mass is 19.1. The van der Waals surface area contributed by atoms with E-state index in [0.717, 1.165) is 16.7 Å². The standard InChI is InChI=1S/C28H29FN2O5/c1-28(2,17-18-3-11-22(29)12-4-18)31(24(27(35)36)15-16-25(30)33)26(34)21-7-5-19(6-8-21)20-9-13-23(32)14-10-20/h3-14,24,32H,15-17H2,1-2H3,(H2,30,33)(H,35,36)/t24-/m0/s1. The van der Waals surface area contributed by atoms with Crippen LogP contribution in [0.3, 0.4) is 0 Å². The quantitative estimate of drug-likeness (QED) is 0.388. The van der Waals surface area contributed by atoms with Crippen molar-refractivity contribution in [2.75, 3.05) is 0 Å². The van der Waals surface area contributed by atoms with Crippen molar-refractivity contribution in [3.63, 3.8) is 0 Å². The van der Waals surface area contributed by atoms with Crippen LogP contribution >= 0.6 is 0 Å². The van der Waals surface area contributed by atoms with E-state index in [4.69, 9.17) is 5.73 Å². The number of aromatic hydroxyl groups is 1. The molecule has 0 fully saturated rings. The van der Waals surface area contributed by atoms with Gasteiger partial charge in [-0.2, -0.15) is 0 Å². The van der Waals surface area contributed by atoms with Crippen LogP contribution in [-0.2, 0) is 16.0 Å². The molecule has 0 spiro atoms. The Hall–Kier alpha value is -4.20. The van der Waals surface area contributed by atoms with Crippen LogP contribution in [0.15, 0.2) is 72.8 Å². The molecule has 2 amide bonds. The summed E-state index contributed by atoms with van der Waals surface area (Å²) in [6.07, 6.45) is -0.0903. The SMILES string of the molecule is CC(C)(Cc1ccc(F)cc1)N(C(=O)c1ccc(-c2ccc(O)cc2)cc1)[C@@H](CCC(N)=O)C(=O)O. The fourth-order valence-corrected chi connectivity index (χ4v) is 4.27. The Balaban J connectivity index is 1.98. The molecule has 36 heavy (non-hydrogen) atoms. The van der Waals surface area contributed by atoms with Gasteiger partial charge in [-0.25, -0.2) is 9.18 Å². The second-order valence-corrected chi connectivity index (χ2v) is 9.27. The molecule has 1 atom stereocenters. The molecule has 0 bridgehead atoms. The van der Waals surface area contributed by atoms with Gasteiger partial charge in [-0.15, -0.1) is 0 Å². The van der Waals surface area contributed by atoms with E-state index < -0.39 is 35.2 Å². The number of carboxylic acid groups (broad SMARTS) is 1. The average molecular weight is 493 g/mol. The van der Waals surface area contributed by atoms with Gasteiger partial charge in [0.2, 0.25) is 5.91 Å². The highest BCUT2D eigenvalue weighted by Gasteiger charge is 2.40. The lowest BCUT2D eigenvalue weighted by Crippen LogP contribution is -2.57. The van der Waals surface area contributed by atoms with Crippen molar-refractivity contribution in [3.05, 3.63) is 89.7 Å². The Morgan fingerprint density at radius 3 is 1.94 bits per heavy atom. The molecule has 4 N–H and O–H groups in total. The predicted octanol–water partition coefficient (Wildman–Crippen LogP) is 4.38. The smallest absolute Gasteiger partial charge is 0.326 e. The number of phenolic OH excluding ortho intramolecular Hbond substituents is 1. The molecule has 3 aromatic carbocycles. The molecule has 0 saturated heterocycles. The normalized spacial score (nSPS) is 12.1. The highest BCUT2D eigenvalue weighted by Crippen LogP contribution is 2.29. The molecule has 0 unspecified atom stereocenters. The summed E-state index contributed by atoms with van der Waals surface area (Å²) in [4.78, 5) is 38.8. The minimum atomic E-state index is -1.31. The van der Waals surface area contributed by atoms with Crippen molar-refractivity contribution in [2.24, 2.45) is 5.73 Å². The first kappa shape index (κ1) is 26.4. The maximum Gasteiger partial charge on any atom is 0.326 e. The summed E-state index contributed by atoms with van der Waals surface area (Å²) < 4.78 is 13.4. The van der Waals surface area contributed by atoms with Crippen molar-refractivity contribution in [2.45, 2.75) is 44.7 Å². The van der Waals surface area contributed by atoms with E-state index in [1.165, 1.54) is 17.0 Å². The number of primary amides is 1. The summed E-state index contributed by atoms with van der Waals surface area (Å²) in [7, 11) is 0. The largest absolute Gasteiger partial charge is 0.508 e. The third-order valence-corrected chi connectivity index (χ3v) is 6.01. The number of aliphatic carboxylic acids is 1. The van der Waals surface area contributed by atoms with Crippen LogP contribution in [-0.4, -0.2) is 44.5 Å². The number of carboxylic acids is 1. The number of nitrogens with zero attached hydrogens (tertiary/aromatic N) is 1. The first-order valence-electron chi connectivity index (χ1n) is 11.5. The number of carbonyl (C=O) groups excluding carboxylic acids is 2. The van der Waals surface area contributed by atoms with Crippen LogP contribution in [0.1, 0.15) is 42.6 Å². The third-order valence-electron chi connectivity index (χ3n) is 6.01. The van der Waals surface area contributed by atoms with Crippen LogP contribution in [0.5, 0.6) is 5.75 Å². The van der Waals surface area contributed by atoms with Gasteiger partial charge in [-0.05, 0) is 79.8 Å². The summed E-state index contributed by atoms with van der Waals surface area (Å²) in [5.74, 6) is -2.69. The van der Waals surface area contributed by atoms with E-state index in [2.05, 4.69) is 0 Å². The number of rotatable bonds is 10. The Bertz CT molecular complexity index is 1220. The molecule has 0 aliphatic carbocycles. The van der Waals surface area contributed by atoms with E-state index in [9.17, 15) is 29.0 Å². The zero-order valence-electron chi connectivity index (χ0n) is 20.1. The van der Waals surface area contributed by atoms with Crippen LogP contribution in [0.2, 0.25) is 0 Å². The number of amides is 2. The second kappa shape index (κ2) is 11.0. The highest BCUT2D eigenvalue weighted by molar-refractivity contribution is 5.97. The molecule has 0 heterocycles. The fraction of sp³-hybridized carbons (Fsp3) is 0.250. The van der Waals surface area contributed by atoms with Crippen molar-refractivity contribution < 1.29 is 29.0 Å². The molecule has 7 nitrogen and oxygen atoms in total. The summed E-state index contributed by atoms with van der Waals surface area (Å²) in [6.45, 7) is 3.47. The number of carbonyl (C=O) groups is 3. The van der Waals surface area contributed by atoms with Gasteiger partial charge in [-0.3, -0.25) is 9.59 Å². The predicted molar refractivity (Wildman–Crippen MR) is 134 cm³/mol. The molecular weight excluding hydrogens is 463 g/mol. The summed E-state index contributed by atoms with van der Waals surface area (Å²) in [5.41, 5.74) is 6.91. The Kier molecular flexibility index (Phi) is 8.09. The van der Waals surface area contributed by atoms with Crippen molar-refractivity contribution in [1.82, 2.24) is 4.90 Å². The lowest BCUT2D eigenvalue weighted by Gasteiger charge is -2.42. The molecule has 0 aliphatic heterocycles. The summed E-state index contributed by atoms with van der Waals surface area (Å²) >= 11 is 0. The monoisotopic (exact) mass is 492 g/mol. The summed E-state index contributed by atoms with van der Waals surface area (Å²) in [6, 6.07) is 17.8. The van der Waals surface area contributed by atoms with Crippen molar-refractivity contribution in [1.29, 1.82) is 0 Å². The van der Waals surface area contributed by atoms with E-state index in [1.54, 1.807) is 74.5 Å². The number of phenols is 1. The van der Waals surface area contributed by atoms with Crippen LogP contribution < -0.4 is 5.73 Å². The zero-order chi connectivity index (χ0) is 26.5. The van der Waals surface area contributed by atoms with E-state index in [-0.39, 0.29) is 30.6 Å². The number of benzene rings is 3. The van der Waals surface area contributed by atoms with Gasteiger partial charge < -0.3 is 20.8 Å². The minimum Gasteiger partial charge on any atom is -0.508 e. The first-order chi connectivity index (χ1) is 17.0. The van der Waals surface area contributed by atoms with Gasteiger partial charge in [0.05, 0.1) is 0 Å². The average Bonchev–Trinajstić information content (AvgIpc) is 2.83. The summed E-state index contributed by atoms with van der Waals surface area (Å²) in [5, 5.41) is 19.5. The third kappa shape index (κ3) is 6.47. The molecule has 0 saturated carbocycles. The Morgan fingerprint density at radius 1 is 0.917 bits per heavy atom. The molecule has 0 aromatic heterocycles. The maximum absolute atomic E-state index is 13.8. The number of halogens is 1. The molecular formula is C28H29FN2O5. The lowest BCUT2D eigenvalue weighted by molar-refractivity contribution is -0.144. The Labute approximate surface area is 209 Å². The van der Waals surface area contributed by atoms with Crippen LogP contribution in [0.25, 0.3) is 11.1 Å². The number of nitrogens with two attached hydrogens (primary N) is 1. The Morgan fingerprint density at radius 2 is 1.44 bits per heavy atom. The van der Waals surface area contributed by atoms with Crippen LogP contribution in [0.4, 0.5) is 4.39 Å². The van der Waals surface area contributed by atoms with Crippen molar-refractivity contribution >= 4 is 17.8 Å². The van der Waals surface area contributed by atoms with E-state index >= 15 is 0 Å². The van der Waals surface area contributed by atoms with Crippen molar-refractivity contribution in [3.8, 4) is 16.9 Å². The molecule has 188 valence electrons. The minimum absolute atomic E-state index is 0.139. The van der Waals surface area contributed by atoms with Gasteiger partial charge in [0.1, 0.15) is 17.6 Å². The second-order valence-electron chi connectivity index (χ2n) is 9.27. The molecule has 0 radical (unpaired) electrons. The number of hydrogen-bond donors (Lipinski definition) is 3. The van der Waals surface area contributed by atoms with Gasteiger partial charge in [0.25, 0.3) is 5.91 Å². The molecule has 8 heteroatoms. The molecule has 3 rings (SSSR count). The van der Waals surface area contributed by atoms with Crippen LogP contribution in [0, 0.1) is 5.82 Å². The van der Waals surface area contributed by atoms with E-state index in [1.807, 2.05) is 0 Å². The van der Waals surface area contributed by atoms with Gasteiger partial charge in [0, 0.05) is 17.5 Å².